The highest BCUT2D eigenvalue weighted by Gasteiger charge is 2.09. The van der Waals surface area contributed by atoms with E-state index in [1.165, 1.54) is 44.6 Å². The van der Waals surface area contributed by atoms with Crippen LogP contribution in [0.15, 0.2) is 18.2 Å². The zero-order valence-corrected chi connectivity index (χ0v) is 11.8. The number of aryl methyl sites for hydroxylation is 1. The number of aliphatic hydroxyl groups excluding tert-OH is 1. The quantitative estimate of drug-likeness (QED) is 0.472. The van der Waals surface area contributed by atoms with Gasteiger partial charge in [0.25, 0.3) is 0 Å². The van der Waals surface area contributed by atoms with Gasteiger partial charge in [-0.1, -0.05) is 51.5 Å². The van der Waals surface area contributed by atoms with Crippen LogP contribution in [0.1, 0.15) is 69.3 Å². The lowest BCUT2D eigenvalue weighted by molar-refractivity contribution is -0.0439. The van der Waals surface area contributed by atoms with Gasteiger partial charge in [0.05, 0.1) is 0 Å². The highest BCUT2D eigenvalue weighted by Crippen LogP contribution is 2.24. The fourth-order valence-corrected chi connectivity index (χ4v) is 2.25. The Morgan fingerprint density at radius 2 is 1.58 bits per heavy atom. The molecule has 3 N–H and O–H groups in total. The van der Waals surface area contributed by atoms with Crippen molar-refractivity contribution in [3.05, 3.63) is 29.3 Å². The fraction of sp³-hybridized carbons (Fsp3) is 0.625. The molecule has 19 heavy (non-hydrogen) atoms. The summed E-state index contributed by atoms with van der Waals surface area (Å²) in [5.74, 6) is -0.0571. The topological polar surface area (TPSA) is 60.7 Å². The fourth-order valence-electron chi connectivity index (χ4n) is 2.25. The summed E-state index contributed by atoms with van der Waals surface area (Å²) >= 11 is 0. The second-order valence-electron chi connectivity index (χ2n) is 5.14. The molecule has 3 nitrogen and oxygen atoms in total. The van der Waals surface area contributed by atoms with Gasteiger partial charge >= 0.3 is 0 Å². The van der Waals surface area contributed by atoms with Crippen LogP contribution in [-0.2, 0) is 6.42 Å². The molecule has 1 aromatic carbocycles. The van der Waals surface area contributed by atoms with Gasteiger partial charge in [-0.2, -0.15) is 0 Å². The minimum atomic E-state index is -1.60. The summed E-state index contributed by atoms with van der Waals surface area (Å²) in [6.45, 7) is 2.22. The van der Waals surface area contributed by atoms with Crippen molar-refractivity contribution < 1.29 is 15.3 Å². The molecule has 0 atom stereocenters. The van der Waals surface area contributed by atoms with E-state index >= 15 is 0 Å². The Balaban J connectivity index is 2.28. The van der Waals surface area contributed by atoms with Crippen LogP contribution in [0.2, 0.25) is 0 Å². The van der Waals surface area contributed by atoms with Crippen LogP contribution < -0.4 is 0 Å². The van der Waals surface area contributed by atoms with Crippen LogP contribution in [0.4, 0.5) is 0 Å². The van der Waals surface area contributed by atoms with Gasteiger partial charge in [-0.15, -0.1) is 0 Å². The normalized spacial score (nSPS) is 11.2. The molecule has 0 amide bonds. The molecule has 0 aliphatic carbocycles. The van der Waals surface area contributed by atoms with E-state index in [0.29, 0.717) is 0 Å². The van der Waals surface area contributed by atoms with Gasteiger partial charge in [-0.05, 0) is 30.5 Å². The molecule has 3 heteroatoms. The zero-order chi connectivity index (χ0) is 14.1. The smallest absolute Gasteiger partial charge is 0.182 e. The Hall–Kier alpha value is -1.06. The van der Waals surface area contributed by atoms with Crippen molar-refractivity contribution in [3.8, 4) is 5.75 Å². The van der Waals surface area contributed by atoms with E-state index in [-0.39, 0.29) is 11.3 Å². The first-order chi connectivity index (χ1) is 9.15. The first-order valence-electron chi connectivity index (χ1n) is 7.33. The first-order valence-corrected chi connectivity index (χ1v) is 7.33. The number of phenols is 1. The number of hydrogen-bond donors (Lipinski definition) is 3. The average Bonchev–Trinajstić information content (AvgIpc) is 2.39. The third-order valence-corrected chi connectivity index (χ3v) is 3.44. The predicted octanol–water partition coefficient (Wildman–Crippen LogP) is 3.67. The van der Waals surface area contributed by atoms with Crippen molar-refractivity contribution in [1.29, 1.82) is 0 Å². The molecular formula is C16H26O3. The molecular weight excluding hydrogens is 240 g/mol. The van der Waals surface area contributed by atoms with Gasteiger partial charge in [0.15, 0.2) is 6.29 Å². The maximum atomic E-state index is 9.48. The molecule has 0 fully saturated rings. The Bertz CT molecular complexity index is 361. The number of aromatic hydroxyl groups is 1. The standard InChI is InChI=1S/C16H26O3/c1-2-3-4-5-6-7-8-9-13-10-11-15(17)14(12-13)16(18)19/h10-12,16-19H,2-9H2,1H3. The van der Waals surface area contributed by atoms with Crippen molar-refractivity contribution in [2.75, 3.05) is 0 Å². The summed E-state index contributed by atoms with van der Waals surface area (Å²) in [4.78, 5) is 0. The van der Waals surface area contributed by atoms with Gasteiger partial charge in [0.1, 0.15) is 5.75 Å². The van der Waals surface area contributed by atoms with Crippen LogP contribution in [-0.4, -0.2) is 15.3 Å². The Morgan fingerprint density at radius 3 is 2.21 bits per heavy atom. The van der Waals surface area contributed by atoms with Crippen LogP contribution in [0.5, 0.6) is 5.75 Å². The predicted molar refractivity (Wildman–Crippen MR) is 77.0 cm³/mol. The lowest BCUT2D eigenvalue weighted by atomic mass is 10.0. The molecule has 1 aromatic rings. The molecule has 0 aliphatic rings. The van der Waals surface area contributed by atoms with Crippen LogP contribution in [0.25, 0.3) is 0 Å². The zero-order valence-electron chi connectivity index (χ0n) is 11.8. The first kappa shape index (κ1) is 16.0. The number of rotatable bonds is 9. The molecule has 0 aromatic heterocycles. The van der Waals surface area contributed by atoms with Gasteiger partial charge in [0.2, 0.25) is 0 Å². The second-order valence-corrected chi connectivity index (χ2v) is 5.14. The molecule has 0 spiro atoms. The lowest BCUT2D eigenvalue weighted by Gasteiger charge is -2.09. The maximum absolute atomic E-state index is 9.48. The molecule has 0 heterocycles. The summed E-state index contributed by atoms with van der Waals surface area (Å²) in [6, 6.07) is 5.06. The third kappa shape index (κ3) is 6.08. The van der Waals surface area contributed by atoms with Crippen molar-refractivity contribution in [1.82, 2.24) is 0 Å². The van der Waals surface area contributed by atoms with Crippen molar-refractivity contribution in [3.63, 3.8) is 0 Å². The molecule has 0 radical (unpaired) electrons. The second kappa shape index (κ2) is 8.94. The van der Waals surface area contributed by atoms with E-state index in [4.69, 9.17) is 10.2 Å². The maximum Gasteiger partial charge on any atom is 0.182 e. The highest BCUT2D eigenvalue weighted by molar-refractivity contribution is 5.36. The molecule has 0 saturated heterocycles. The van der Waals surface area contributed by atoms with Gasteiger partial charge < -0.3 is 15.3 Å². The van der Waals surface area contributed by atoms with Crippen molar-refractivity contribution in [2.45, 2.75) is 64.6 Å². The van der Waals surface area contributed by atoms with Crippen LogP contribution in [0, 0.1) is 0 Å². The Kier molecular flexibility index (Phi) is 7.53. The summed E-state index contributed by atoms with van der Waals surface area (Å²) in [7, 11) is 0. The van der Waals surface area contributed by atoms with Crippen LogP contribution >= 0.6 is 0 Å². The average molecular weight is 266 g/mol. The molecule has 0 bridgehead atoms. The largest absolute Gasteiger partial charge is 0.507 e. The number of aliphatic hydroxyl groups is 2. The number of phenolic OH excluding ortho intramolecular Hbond substituents is 1. The summed E-state index contributed by atoms with van der Waals surface area (Å²) < 4.78 is 0. The van der Waals surface area contributed by atoms with E-state index in [0.717, 1.165) is 18.4 Å². The minimum Gasteiger partial charge on any atom is -0.507 e. The lowest BCUT2D eigenvalue weighted by Crippen LogP contribution is -1.97. The minimum absolute atomic E-state index is 0.0571. The Morgan fingerprint density at radius 1 is 0.947 bits per heavy atom. The highest BCUT2D eigenvalue weighted by atomic mass is 16.5. The summed E-state index contributed by atoms with van der Waals surface area (Å²) in [5, 5.41) is 27.7. The van der Waals surface area contributed by atoms with E-state index in [1.807, 2.05) is 6.07 Å². The number of unbranched alkanes of at least 4 members (excludes halogenated alkanes) is 6. The van der Waals surface area contributed by atoms with E-state index in [2.05, 4.69) is 6.92 Å². The molecule has 0 saturated carbocycles. The summed E-state index contributed by atoms with van der Waals surface area (Å²) in [5.41, 5.74) is 1.25. The third-order valence-electron chi connectivity index (χ3n) is 3.44. The molecule has 0 unspecified atom stereocenters. The van der Waals surface area contributed by atoms with Crippen molar-refractivity contribution >= 4 is 0 Å². The molecule has 0 aliphatic heterocycles. The molecule has 1 rings (SSSR count). The number of hydrogen-bond acceptors (Lipinski definition) is 3. The van der Waals surface area contributed by atoms with E-state index < -0.39 is 6.29 Å². The van der Waals surface area contributed by atoms with Crippen molar-refractivity contribution in [2.24, 2.45) is 0 Å². The van der Waals surface area contributed by atoms with E-state index in [1.54, 1.807) is 6.07 Å². The van der Waals surface area contributed by atoms with Gasteiger partial charge in [0, 0.05) is 5.56 Å². The van der Waals surface area contributed by atoms with Crippen LogP contribution in [0.3, 0.4) is 0 Å². The SMILES string of the molecule is CCCCCCCCCc1ccc(O)c(C(O)O)c1. The molecule has 108 valence electrons. The van der Waals surface area contributed by atoms with Gasteiger partial charge in [-0.3, -0.25) is 0 Å². The van der Waals surface area contributed by atoms with E-state index in [9.17, 15) is 5.11 Å². The number of benzene rings is 1. The Labute approximate surface area is 115 Å². The van der Waals surface area contributed by atoms with Gasteiger partial charge in [-0.25, -0.2) is 0 Å². The summed E-state index contributed by atoms with van der Waals surface area (Å²) in [6.07, 6.45) is 8.16. The monoisotopic (exact) mass is 266 g/mol.